The van der Waals surface area contributed by atoms with Gasteiger partial charge < -0.3 is 5.32 Å². The molecule has 20 heavy (non-hydrogen) atoms. The zero-order chi connectivity index (χ0) is 14.7. The lowest BCUT2D eigenvalue weighted by atomic mass is 10.00. The van der Waals surface area contributed by atoms with E-state index in [2.05, 4.69) is 5.32 Å². The molecule has 1 fully saturated rings. The zero-order valence-electron chi connectivity index (χ0n) is 10.7. The topological polar surface area (TPSA) is 15.3 Å². The molecule has 1 aliphatic rings. The van der Waals surface area contributed by atoms with Crippen LogP contribution < -0.4 is 5.32 Å². The summed E-state index contributed by atoms with van der Waals surface area (Å²) in [5.74, 6) is -4.31. The third kappa shape index (κ3) is 3.27. The summed E-state index contributed by atoms with van der Waals surface area (Å²) in [6, 6.07) is 0.865. The van der Waals surface area contributed by atoms with Crippen LogP contribution in [0.2, 0.25) is 0 Å². The molecule has 0 aliphatic carbocycles. The van der Waals surface area contributed by atoms with Gasteiger partial charge in [0.1, 0.15) is 0 Å². The van der Waals surface area contributed by atoms with Crippen LogP contribution in [-0.4, -0.2) is 37.5 Å². The van der Waals surface area contributed by atoms with Gasteiger partial charge in [-0.05, 0) is 6.07 Å². The Bertz CT molecular complexity index is 460. The molecule has 1 N–H and O–H groups in total. The van der Waals surface area contributed by atoms with Crippen molar-refractivity contribution >= 4 is 0 Å². The van der Waals surface area contributed by atoms with Crippen LogP contribution in [0.4, 0.5) is 22.0 Å². The second-order valence-corrected chi connectivity index (χ2v) is 4.69. The van der Waals surface area contributed by atoms with Crippen LogP contribution in [0.1, 0.15) is 18.0 Å². The zero-order valence-corrected chi connectivity index (χ0v) is 10.7. The fourth-order valence-corrected chi connectivity index (χ4v) is 2.43. The predicted octanol–water partition coefficient (Wildman–Crippen LogP) is 2.71. The summed E-state index contributed by atoms with van der Waals surface area (Å²) in [6.07, 6.45) is -3.26. The summed E-state index contributed by atoms with van der Waals surface area (Å²) in [4.78, 5) is 1.67. The van der Waals surface area contributed by atoms with E-state index in [0.717, 1.165) is 12.1 Å². The lowest BCUT2D eigenvalue weighted by molar-refractivity contribution is 0.0721. The number of hydrogen-bond acceptors (Lipinski definition) is 2. The molecule has 0 unspecified atom stereocenters. The molecule has 1 aromatic rings. The molecule has 1 atom stereocenters. The predicted molar refractivity (Wildman–Crippen MR) is 64.1 cm³/mol. The van der Waals surface area contributed by atoms with Crippen LogP contribution in [-0.2, 0) is 0 Å². The van der Waals surface area contributed by atoms with Crippen LogP contribution in [0.15, 0.2) is 12.1 Å². The fraction of sp³-hybridized carbons (Fsp3) is 0.538. The van der Waals surface area contributed by atoms with Crippen molar-refractivity contribution in [3.63, 3.8) is 0 Å². The van der Waals surface area contributed by atoms with Crippen molar-refractivity contribution in [2.45, 2.75) is 18.9 Å². The van der Waals surface area contributed by atoms with Gasteiger partial charge in [-0.15, -0.1) is 0 Å². The normalized spacial score (nSPS) is 18.5. The van der Waals surface area contributed by atoms with Crippen LogP contribution in [0.5, 0.6) is 0 Å². The van der Waals surface area contributed by atoms with E-state index in [1.54, 1.807) is 4.90 Å². The number of benzene rings is 1. The molecule has 0 spiro atoms. The van der Waals surface area contributed by atoms with E-state index in [1.165, 1.54) is 0 Å². The number of nitrogens with zero attached hydrogens (tertiary/aromatic N) is 1. The molecule has 0 amide bonds. The van der Waals surface area contributed by atoms with E-state index >= 15 is 0 Å². The quantitative estimate of drug-likeness (QED) is 0.678. The molecule has 1 heterocycles. The molecule has 0 radical (unpaired) electrons. The van der Waals surface area contributed by atoms with Gasteiger partial charge >= 0.3 is 0 Å². The average Bonchev–Trinajstić information content (AvgIpc) is 2.44. The number of hydrogen-bond donors (Lipinski definition) is 1. The van der Waals surface area contributed by atoms with Crippen molar-refractivity contribution in [1.29, 1.82) is 0 Å². The van der Waals surface area contributed by atoms with Crippen LogP contribution >= 0.6 is 0 Å². The molecule has 0 bridgehead atoms. The van der Waals surface area contributed by atoms with Crippen LogP contribution in [0.3, 0.4) is 0 Å². The summed E-state index contributed by atoms with van der Waals surface area (Å²) in [7, 11) is 0. The summed E-state index contributed by atoms with van der Waals surface area (Å²) in [5, 5.41) is 3.05. The van der Waals surface area contributed by atoms with Crippen molar-refractivity contribution in [2.24, 2.45) is 0 Å². The maximum absolute atomic E-state index is 13.8. The van der Waals surface area contributed by atoms with E-state index in [1.807, 2.05) is 0 Å². The van der Waals surface area contributed by atoms with Crippen molar-refractivity contribution in [3.05, 3.63) is 35.1 Å². The Morgan fingerprint density at radius 1 is 1.05 bits per heavy atom. The highest BCUT2D eigenvalue weighted by atomic mass is 19.3. The maximum atomic E-state index is 13.8. The molecule has 1 aromatic carbocycles. The smallest absolute Gasteiger partial charge is 0.240 e. The minimum absolute atomic E-state index is 0.217. The molecular formula is C13H15F5N2. The van der Waals surface area contributed by atoms with Gasteiger partial charge in [-0.2, -0.15) is 0 Å². The number of rotatable bonds is 4. The summed E-state index contributed by atoms with van der Waals surface area (Å²) in [5.41, 5.74) is -0.217. The first kappa shape index (κ1) is 15.2. The minimum Gasteiger partial charge on any atom is -0.314 e. The summed E-state index contributed by atoms with van der Waals surface area (Å²) < 4.78 is 65.5. The number of halogens is 5. The molecule has 1 saturated heterocycles. The Morgan fingerprint density at radius 2 is 1.70 bits per heavy atom. The van der Waals surface area contributed by atoms with Crippen molar-refractivity contribution < 1.29 is 22.0 Å². The first-order chi connectivity index (χ1) is 9.50. The SMILES string of the molecule is Fc1ccc([C@H](CC(F)F)N2CCNCC2)c(F)c1F. The Labute approximate surface area is 113 Å². The molecule has 1 aliphatic heterocycles. The standard InChI is InChI=1S/C13H15F5N2/c14-9-2-1-8(12(17)13(9)18)10(7-11(15)16)20-5-3-19-4-6-20/h1-2,10-11,19H,3-7H2/t10-/m0/s1. The number of alkyl halides is 2. The average molecular weight is 294 g/mol. The first-order valence-corrected chi connectivity index (χ1v) is 6.37. The van der Waals surface area contributed by atoms with Crippen molar-refractivity contribution in [3.8, 4) is 0 Å². The number of nitrogens with one attached hydrogen (secondary N) is 1. The monoisotopic (exact) mass is 294 g/mol. The van der Waals surface area contributed by atoms with E-state index < -0.39 is 36.3 Å². The summed E-state index contributed by atoms with van der Waals surface area (Å²) in [6.45, 7) is 2.09. The maximum Gasteiger partial charge on any atom is 0.240 e. The second kappa shape index (κ2) is 6.49. The highest BCUT2D eigenvalue weighted by molar-refractivity contribution is 5.24. The highest BCUT2D eigenvalue weighted by Gasteiger charge is 2.29. The lowest BCUT2D eigenvalue weighted by Crippen LogP contribution is -2.45. The van der Waals surface area contributed by atoms with Gasteiger partial charge in [0.2, 0.25) is 6.43 Å². The molecule has 0 aromatic heterocycles. The summed E-state index contributed by atoms with van der Waals surface area (Å²) >= 11 is 0. The van der Waals surface area contributed by atoms with Crippen molar-refractivity contribution in [1.82, 2.24) is 10.2 Å². The van der Waals surface area contributed by atoms with Gasteiger partial charge in [-0.3, -0.25) is 4.90 Å². The van der Waals surface area contributed by atoms with Crippen LogP contribution in [0, 0.1) is 17.5 Å². The van der Waals surface area contributed by atoms with E-state index in [9.17, 15) is 22.0 Å². The van der Waals surface area contributed by atoms with E-state index in [4.69, 9.17) is 0 Å². The Hall–Kier alpha value is -1.21. The highest BCUT2D eigenvalue weighted by Crippen LogP contribution is 2.31. The Balaban J connectivity index is 2.32. The van der Waals surface area contributed by atoms with Crippen molar-refractivity contribution in [2.75, 3.05) is 26.2 Å². The van der Waals surface area contributed by atoms with Gasteiger partial charge in [0.25, 0.3) is 0 Å². The van der Waals surface area contributed by atoms with Gasteiger partial charge in [-0.1, -0.05) is 6.07 Å². The Kier molecular flexibility index (Phi) is 4.93. The van der Waals surface area contributed by atoms with E-state index in [-0.39, 0.29) is 5.56 Å². The second-order valence-electron chi connectivity index (χ2n) is 4.69. The van der Waals surface area contributed by atoms with Gasteiger partial charge in [0, 0.05) is 44.2 Å². The fourth-order valence-electron chi connectivity index (χ4n) is 2.43. The molecule has 0 saturated carbocycles. The van der Waals surface area contributed by atoms with Gasteiger partial charge in [0.15, 0.2) is 17.5 Å². The van der Waals surface area contributed by atoms with Crippen LogP contribution in [0.25, 0.3) is 0 Å². The third-order valence-corrected chi connectivity index (χ3v) is 3.42. The molecular weight excluding hydrogens is 279 g/mol. The molecule has 7 heteroatoms. The Morgan fingerprint density at radius 3 is 2.30 bits per heavy atom. The van der Waals surface area contributed by atoms with Gasteiger partial charge in [-0.25, -0.2) is 22.0 Å². The molecule has 2 nitrogen and oxygen atoms in total. The molecule has 2 rings (SSSR count). The molecule has 112 valence electrons. The van der Waals surface area contributed by atoms with Gasteiger partial charge in [0.05, 0.1) is 0 Å². The lowest BCUT2D eigenvalue weighted by Gasteiger charge is -2.35. The minimum atomic E-state index is -2.65. The number of piperazine rings is 1. The van der Waals surface area contributed by atoms with E-state index in [0.29, 0.717) is 26.2 Å². The third-order valence-electron chi connectivity index (χ3n) is 3.42. The first-order valence-electron chi connectivity index (χ1n) is 6.37. The largest absolute Gasteiger partial charge is 0.314 e.